The number of esters is 3. The summed E-state index contributed by atoms with van der Waals surface area (Å²) in [6, 6.07) is 0. The van der Waals surface area contributed by atoms with Crippen molar-refractivity contribution < 1.29 is 58.2 Å². The van der Waals surface area contributed by atoms with Gasteiger partial charge in [0.05, 0.1) is 6.61 Å². The zero-order valence-corrected chi connectivity index (χ0v) is 50.1. The lowest BCUT2D eigenvalue weighted by atomic mass is 9.98. The van der Waals surface area contributed by atoms with E-state index >= 15 is 0 Å². The van der Waals surface area contributed by atoms with Gasteiger partial charge in [0.2, 0.25) is 0 Å². The molecule has 1 fully saturated rings. The number of allylic oxidation sites excluding steroid dienone is 12. The van der Waals surface area contributed by atoms with Gasteiger partial charge in [0.1, 0.15) is 18.8 Å². The predicted molar refractivity (Wildman–Crippen MR) is 322 cm³/mol. The number of hydrogen-bond acceptors (Lipinski definition) is 11. The molecule has 1 rings (SSSR count). The third kappa shape index (κ3) is 44.5. The Labute approximate surface area is 480 Å². The van der Waals surface area contributed by atoms with Crippen LogP contribution in [0.4, 0.5) is 0 Å². The summed E-state index contributed by atoms with van der Waals surface area (Å²) in [6.07, 6.45) is 57.2. The van der Waals surface area contributed by atoms with Gasteiger partial charge in [-0.1, -0.05) is 222 Å². The Morgan fingerprint density at radius 2 is 0.797 bits per heavy atom. The number of aliphatic hydroxyl groups excluding tert-OH is 2. The number of aliphatic hydroxyl groups is 2. The topological polar surface area (TPSA) is 175 Å². The Hall–Kier alpha value is -3.84. The lowest BCUT2D eigenvalue weighted by Crippen LogP contribution is -2.61. The van der Waals surface area contributed by atoms with Gasteiger partial charge in [0, 0.05) is 19.3 Å². The summed E-state index contributed by atoms with van der Waals surface area (Å²) in [5.41, 5.74) is 0. The second-order valence-electron chi connectivity index (χ2n) is 21.7. The molecular formula is C67H114O12. The molecule has 12 nitrogen and oxygen atoms in total. The highest BCUT2D eigenvalue weighted by Crippen LogP contribution is 2.26. The summed E-state index contributed by atoms with van der Waals surface area (Å²) >= 11 is 0. The molecule has 79 heavy (non-hydrogen) atoms. The maximum Gasteiger partial charge on any atom is 0.335 e. The summed E-state index contributed by atoms with van der Waals surface area (Å²) in [5, 5.41) is 31.5. The fraction of sp³-hybridized carbons (Fsp3) is 0.761. The molecule has 0 spiro atoms. The van der Waals surface area contributed by atoms with E-state index in [1.807, 2.05) is 0 Å². The molecule has 0 aliphatic carbocycles. The van der Waals surface area contributed by atoms with E-state index in [0.717, 1.165) is 122 Å². The number of ether oxygens (including phenoxy) is 5. The normalized spacial score (nSPS) is 18.3. The first-order valence-electron chi connectivity index (χ1n) is 31.9. The minimum absolute atomic E-state index is 0.0386. The van der Waals surface area contributed by atoms with Crippen molar-refractivity contribution in [2.75, 3.05) is 13.2 Å². The third-order valence-corrected chi connectivity index (χ3v) is 14.2. The fourth-order valence-corrected chi connectivity index (χ4v) is 9.35. The number of carbonyl (C=O) groups is 4. The molecule has 1 heterocycles. The third-order valence-electron chi connectivity index (χ3n) is 14.2. The van der Waals surface area contributed by atoms with Crippen molar-refractivity contribution in [1.29, 1.82) is 0 Å². The number of hydrogen-bond donors (Lipinski definition) is 3. The Morgan fingerprint density at radius 1 is 0.430 bits per heavy atom. The van der Waals surface area contributed by atoms with Crippen molar-refractivity contribution in [2.45, 2.75) is 314 Å². The maximum atomic E-state index is 13.2. The second-order valence-corrected chi connectivity index (χ2v) is 21.7. The summed E-state index contributed by atoms with van der Waals surface area (Å²) < 4.78 is 28.5. The number of rotatable bonds is 54. The Balaban J connectivity index is 2.67. The van der Waals surface area contributed by atoms with Crippen molar-refractivity contribution >= 4 is 23.9 Å². The zero-order chi connectivity index (χ0) is 57.5. The van der Waals surface area contributed by atoms with Crippen LogP contribution in [0.1, 0.15) is 278 Å². The van der Waals surface area contributed by atoms with Crippen molar-refractivity contribution in [3.8, 4) is 0 Å². The quantitative estimate of drug-likeness (QED) is 0.0228. The van der Waals surface area contributed by atoms with Gasteiger partial charge in [-0.25, -0.2) is 4.79 Å². The summed E-state index contributed by atoms with van der Waals surface area (Å²) in [7, 11) is 0. The molecule has 3 N–H and O–H groups in total. The molecule has 6 unspecified atom stereocenters. The van der Waals surface area contributed by atoms with E-state index < -0.39 is 67.3 Å². The smallest absolute Gasteiger partial charge is 0.335 e. The predicted octanol–water partition coefficient (Wildman–Crippen LogP) is 16.9. The molecule has 0 radical (unpaired) electrons. The Bertz CT molecular complexity index is 1650. The average Bonchev–Trinajstić information content (AvgIpc) is 3.44. The molecule has 0 saturated carbocycles. The van der Waals surface area contributed by atoms with E-state index in [1.54, 1.807) is 0 Å². The molecule has 1 saturated heterocycles. The van der Waals surface area contributed by atoms with E-state index in [0.29, 0.717) is 19.3 Å². The van der Waals surface area contributed by atoms with Crippen molar-refractivity contribution in [1.82, 2.24) is 0 Å². The highest BCUT2D eigenvalue weighted by molar-refractivity contribution is 5.74. The molecular weight excluding hydrogens is 997 g/mol. The first-order chi connectivity index (χ1) is 38.6. The van der Waals surface area contributed by atoms with Crippen LogP contribution in [0.15, 0.2) is 72.9 Å². The molecule has 1 aliphatic rings. The number of aliphatic carboxylic acids is 1. The SMILES string of the molecule is CC/C=C\C/C=C\C/C=C\CCCCCCCC(=O)OC1C(OCC(COC(=O)CCCCCCCCCCC/C=C\C/C=C\CCCCC)OC(=O)CCCCCCC/C=C\CCCCCCCC)OC(C(=O)O)C(O)C1O. The van der Waals surface area contributed by atoms with Gasteiger partial charge < -0.3 is 39.0 Å². The van der Waals surface area contributed by atoms with Gasteiger partial charge in [-0.15, -0.1) is 0 Å². The van der Waals surface area contributed by atoms with Crippen molar-refractivity contribution in [3.63, 3.8) is 0 Å². The van der Waals surface area contributed by atoms with Crippen LogP contribution >= 0.6 is 0 Å². The van der Waals surface area contributed by atoms with Gasteiger partial charge >= 0.3 is 23.9 Å². The molecule has 0 aromatic rings. The Kier molecular flexibility index (Phi) is 50.7. The molecule has 454 valence electrons. The maximum absolute atomic E-state index is 13.2. The van der Waals surface area contributed by atoms with E-state index in [9.17, 15) is 34.5 Å². The van der Waals surface area contributed by atoms with Crippen molar-refractivity contribution in [3.05, 3.63) is 72.9 Å². The summed E-state index contributed by atoms with van der Waals surface area (Å²) in [4.78, 5) is 51.3. The van der Waals surface area contributed by atoms with Crippen molar-refractivity contribution in [2.24, 2.45) is 0 Å². The first-order valence-corrected chi connectivity index (χ1v) is 31.9. The molecule has 1 aliphatic heterocycles. The lowest BCUT2D eigenvalue weighted by Gasteiger charge is -2.40. The largest absolute Gasteiger partial charge is 0.479 e. The van der Waals surface area contributed by atoms with Crippen LogP contribution in [-0.4, -0.2) is 89.2 Å². The summed E-state index contributed by atoms with van der Waals surface area (Å²) in [5.74, 6) is -3.15. The van der Waals surface area contributed by atoms with E-state index in [1.165, 1.54) is 96.3 Å². The minimum Gasteiger partial charge on any atom is -0.479 e. The highest BCUT2D eigenvalue weighted by Gasteiger charge is 2.50. The second kappa shape index (κ2) is 54.7. The van der Waals surface area contributed by atoms with Crippen LogP contribution in [0.5, 0.6) is 0 Å². The molecule has 12 heteroatoms. The highest BCUT2D eigenvalue weighted by atomic mass is 16.7. The standard InChI is InChI=1S/C67H114O12/c1-4-7-10-13-16-19-22-25-28-29-30-31-34-35-38-41-44-47-50-53-59(68)75-56-58(77-60(69)54-51-48-45-42-39-36-32-26-23-20-17-14-11-8-5-2)57-76-67-65(63(72)62(71)64(79-67)66(73)74)78-61(70)55-52-49-46-43-40-37-33-27-24-21-18-15-12-9-6-3/h9,12,16,18-19,21,25-28,32-33,58,62-65,67,71-72H,4-8,10-11,13-15,17,20,22-24,29-31,34-57H2,1-3H3,(H,73,74)/b12-9-,19-16-,21-18-,28-25-,32-26-,33-27-. The average molecular weight is 1110 g/mol. The molecule has 0 amide bonds. The van der Waals surface area contributed by atoms with Crippen LogP contribution < -0.4 is 0 Å². The van der Waals surface area contributed by atoms with Crippen LogP contribution in [0.2, 0.25) is 0 Å². The van der Waals surface area contributed by atoms with Gasteiger partial charge in [0.25, 0.3) is 0 Å². The van der Waals surface area contributed by atoms with Crippen LogP contribution in [0.3, 0.4) is 0 Å². The Morgan fingerprint density at radius 3 is 1.25 bits per heavy atom. The van der Waals surface area contributed by atoms with Gasteiger partial charge in [-0.2, -0.15) is 0 Å². The van der Waals surface area contributed by atoms with Crippen LogP contribution in [0.25, 0.3) is 0 Å². The van der Waals surface area contributed by atoms with Gasteiger partial charge in [-0.3, -0.25) is 14.4 Å². The molecule has 6 atom stereocenters. The van der Waals surface area contributed by atoms with E-state index in [-0.39, 0.29) is 25.9 Å². The monoisotopic (exact) mass is 1110 g/mol. The molecule has 0 bridgehead atoms. The first kappa shape index (κ1) is 73.2. The molecule has 0 aromatic heterocycles. The number of unbranched alkanes of at least 4 members (excludes halogenated alkanes) is 28. The van der Waals surface area contributed by atoms with Gasteiger partial charge in [-0.05, 0) is 109 Å². The molecule has 0 aromatic carbocycles. The minimum atomic E-state index is -1.91. The van der Waals surface area contributed by atoms with Crippen LogP contribution in [-0.2, 0) is 42.9 Å². The number of carbonyl (C=O) groups excluding carboxylic acids is 3. The van der Waals surface area contributed by atoms with Crippen LogP contribution in [0, 0.1) is 0 Å². The van der Waals surface area contributed by atoms with Gasteiger partial charge in [0.15, 0.2) is 24.6 Å². The van der Waals surface area contributed by atoms with E-state index in [2.05, 4.69) is 93.7 Å². The van der Waals surface area contributed by atoms with E-state index in [4.69, 9.17) is 23.7 Å². The fourth-order valence-electron chi connectivity index (χ4n) is 9.35. The zero-order valence-electron chi connectivity index (χ0n) is 50.1. The lowest BCUT2D eigenvalue weighted by molar-refractivity contribution is -0.301. The number of carboxylic acid groups (broad SMARTS) is 1. The number of carboxylic acids is 1. The summed E-state index contributed by atoms with van der Waals surface area (Å²) in [6.45, 7) is 5.86.